The second-order valence-electron chi connectivity index (χ2n) is 12.4. The van der Waals surface area contributed by atoms with Gasteiger partial charge in [-0.2, -0.15) is 0 Å². The van der Waals surface area contributed by atoms with Crippen LogP contribution < -0.4 is 0 Å². The van der Waals surface area contributed by atoms with Crippen molar-refractivity contribution in [1.29, 1.82) is 0 Å². The van der Waals surface area contributed by atoms with E-state index in [0.717, 1.165) is 12.5 Å². The summed E-state index contributed by atoms with van der Waals surface area (Å²) in [6.45, 7) is 1.52. The molecule has 0 unspecified atom stereocenters. The van der Waals surface area contributed by atoms with Gasteiger partial charge in [-0.15, -0.1) is 0 Å². The molecule has 1 saturated carbocycles. The molecule has 5 aliphatic rings. The normalized spacial score (nSPS) is 44.8. The summed E-state index contributed by atoms with van der Waals surface area (Å²) < 4.78 is 46.6. The molecule has 6 rings (SSSR count). The average Bonchev–Trinajstić information content (AvgIpc) is 3.75. The topological polar surface area (TPSA) is 233 Å². The Balaban J connectivity index is 1.23. The number of aliphatic hydroxyl groups is 6. The zero-order valence-corrected chi connectivity index (χ0v) is 26.0. The summed E-state index contributed by atoms with van der Waals surface area (Å²) in [5.74, 6) is -2.93. The van der Waals surface area contributed by atoms with Gasteiger partial charge in [-0.25, -0.2) is 4.79 Å². The van der Waals surface area contributed by atoms with Crippen LogP contribution in [0.1, 0.15) is 19.4 Å². The van der Waals surface area contributed by atoms with Crippen LogP contribution in [-0.4, -0.2) is 141 Å². The predicted molar refractivity (Wildman–Crippen MR) is 157 cm³/mol. The van der Waals surface area contributed by atoms with Crippen molar-refractivity contribution < 1.29 is 78.1 Å². The molecule has 1 aromatic carbocycles. The van der Waals surface area contributed by atoms with Crippen molar-refractivity contribution in [3.05, 3.63) is 54.3 Å². The van der Waals surface area contributed by atoms with Crippen LogP contribution >= 0.6 is 0 Å². The number of aliphatic hydroxyl groups excluding tert-OH is 6. The van der Waals surface area contributed by atoms with E-state index in [4.69, 9.17) is 37.9 Å². The minimum absolute atomic E-state index is 0.496. The minimum Gasteiger partial charge on any atom is -0.472 e. The molecule has 4 fully saturated rings. The number of hydrogen-bond acceptors (Lipinski definition) is 16. The summed E-state index contributed by atoms with van der Waals surface area (Å²) >= 11 is 0. The van der Waals surface area contributed by atoms with Crippen LogP contribution in [-0.2, 0) is 47.5 Å². The molecule has 6 N–H and O–H groups in total. The van der Waals surface area contributed by atoms with E-state index in [2.05, 4.69) is 0 Å². The number of carbonyl (C=O) groups is 2. The molecule has 0 radical (unpaired) electrons. The number of epoxide rings is 1. The lowest BCUT2D eigenvalue weighted by atomic mass is 9.85. The molecular weight excluding hydrogens is 640 g/mol. The summed E-state index contributed by atoms with van der Waals surface area (Å²) in [7, 11) is 0. The Morgan fingerprint density at radius 1 is 0.875 bits per heavy atom. The molecule has 1 aromatic rings. The molecule has 16 nitrogen and oxygen atoms in total. The van der Waals surface area contributed by atoms with Gasteiger partial charge in [0.1, 0.15) is 42.2 Å². The zero-order chi connectivity index (χ0) is 34.3. The number of esters is 2. The van der Waals surface area contributed by atoms with Crippen molar-refractivity contribution in [2.75, 3.05) is 13.2 Å². The summed E-state index contributed by atoms with van der Waals surface area (Å²) in [6, 6.07) is 8.97. The molecule has 0 aromatic heterocycles. The van der Waals surface area contributed by atoms with Crippen molar-refractivity contribution in [2.45, 2.75) is 99.4 Å². The second-order valence-corrected chi connectivity index (χ2v) is 12.4. The lowest BCUT2D eigenvalue weighted by molar-refractivity contribution is -0.347. The molecule has 0 bridgehead atoms. The number of fused-ring (bicyclic) bond motifs is 3. The van der Waals surface area contributed by atoms with Crippen molar-refractivity contribution in [3.63, 3.8) is 0 Å². The van der Waals surface area contributed by atoms with Crippen molar-refractivity contribution in [1.82, 2.24) is 0 Å². The van der Waals surface area contributed by atoms with Crippen molar-refractivity contribution in [2.24, 2.45) is 11.8 Å². The average molecular weight is 681 g/mol. The molecule has 4 heterocycles. The van der Waals surface area contributed by atoms with Gasteiger partial charge < -0.3 is 68.5 Å². The van der Waals surface area contributed by atoms with Crippen LogP contribution in [0.4, 0.5) is 0 Å². The van der Waals surface area contributed by atoms with Crippen LogP contribution in [0.5, 0.6) is 0 Å². The Kier molecular flexibility index (Phi) is 10.2. The van der Waals surface area contributed by atoms with E-state index in [0.29, 0.717) is 0 Å². The van der Waals surface area contributed by atoms with Crippen LogP contribution in [0.25, 0.3) is 6.08 Å². The van der Waals surface area contributed by atoms with Gasteiger partial charge in [0, 0.05) is 18.9 Å². The van der Waals surface area contributed by atoms with E-state index >= 15 is 0 Å². The second kappa shape index (κ2) is 14.1. The summed E-state index contributed by atoms with van der Waals surface area (Å²) in [6.07, 6.45) is -11.4. The molecule has 0 amide bonds. The van der Waals surface area contributed by atoms with Crippen LogP contribution in [0.15, 0.2) is 48.7 Å². The highest BCUT2D eigenvalue weighted by Crippen LogP contribution is 2.61. The standard InChI is InChI=1S/C32H40O16/c1-14-21(37)26(43-15(2)35)27(45-19(36)9-8-16-6-4-3-5-7-16)31(42-14)46-25-17-10-11-41-29(20(17)32(13-34)28(25)48-32)47-30-24(40)23(39)22(38)18(12-33)44-30/h3-11,14,17-18,20-31,33-34,37-40H,12-13H2,1-2H3/b9-8+/t14-,17+,18+,20+,21-,22+,23-,24+,25-,26+,27+,28-,29-,30-,31-,32+/m0/s1. The van der Waals surface area contributed by atoms with Gasteiger partial charge in [-0.3, -0.25) is 4.79 Å². The Morgan fingerprint density at radius 3 is 2.31 bits per heavy atom. The molecule has 0 spiro atoms. The maximum Gasteiger partial charge on any atom is 0.331 e. The predicted octanol–water partition coefficient (Wildman–Crippen LogP) is -1.90. The molecule has 3 saturated heterocycles. The highest BCUT2D eigenvalue weighted by atomic mass is 16.8. The number of ether oxygens (including phenoxy) is 8. The molecule has 264 valence electrons. The van der Waals surface area contributed by atoms with Crippen molar-refractivity contribution in [3.8, 4) is 0 Å². The Labute approximate surface area is 275 Å². The third-order valence-electron chi connectivity index (χ3n) is 9.41. The minimum atomic E-state index is -1.71. The molecular formula is C32H40O16. The lowest BCUT2D eigenvalue weighted by Gasteiger charge is -2.44. The van der Waals surface area contributed by atoms with Gasteiger partial charge in [-0.05, 0) is 24.6 Å². The van der Waals surface area contributed by atoms with E-state index in [1.54, 1.807) is 30.3 Å². The van der Waals surface area contributed by atoms with Crippen LogP contribution in [0, 0.1) is 11.8 Å². The van der Waals surface area contributed by atoms with Crippen molar-refractivity contribution >= 4 is 18.0 Å². The maximum absolute atomic E-state index is 13.0. The van der Waals surface area contributed by atoms with Crippen LogP contribution in [0.3, 0.4) is 0 Å². The maximum atomic E-state index is 13.0. The van der Waals surface area contributed by atoms with E-state index < -0.39 is 122 Å². The van der Waals surface area contributed by atoms with E-state index in [9.17, 15) is 40.2 Å². The highest BCUT2D eigenvalue weighted by molar-refractivity contribution is 5.87. The zero-order valence-electron chi connectivity index (χ0n) is 26.0. The van der Waals surface area contributed by atoms with E-state index in [1.165, 1.54) is 25.3 Å². The first-order valence-electron chi connectivity index (χ1n) is 15.7. The highest BCUT2D eigenvalue weighted by Gasteiger charge is 2.77. The van der Waals surface area contributed by atoms with Crippen LogP contribution in [0.2, 0.25) is 0 Å². The van der Waals surface area contributed by atoms with Gasteiger partial charge in [-0.1, -0.05) is 30.3 Å². The molecule has 16 atom stereocenters. The monoisotopic (exact) mass is 680 g/mol. The fourth-order valence-corrected chi connectivity index (χ4v) is 6.91. The number of rotatable bonds is 10. The quantitative estimate of drug-likeness (QED) is 0.0900. The first-order valence-corrected chi connectivity index (χ1v) is 15.7. The first kappa shape index (κ1) is 34.8. The molecule has 4 aliphatic heterocycles. The SMILES string of the molecule is CC(=O)O[C@@H]1[C@@H](O)[C@H](C)O[C@@H](O[C@H]2[C@@H]3C=CO[C@@H](O[C@@H]4O[C@H](CO)[C@@H](O)[C@H](O)[C@H]4O)[C@@H]3[C@@]3(CO)O[C@@H]23)[C@@H]1OC(=O)/C=C/c1ccccc1. The third-order valence-corrected chi connectivity index (χ3v) is 9.41. The summed E-state index contributed by atoms with van der Waals surface area (Å²) in [5, 5.41) is 62.0. The van der Waals surface area contributed by atoms with Gasteiger partial charge in [0.05, 0.1) is 37.6 Å². The van der Waals surface area contributed by atoms with Gasteiger partial charge in [0.25, 0.3) is 0 Å². The molecule has 48 heavy (non-hydrogen) atoms. The van der Waals surface area contributed by atoms with Gasteiger partial charge >= 0.3 is 11.9 Å². The first-order chi connectivity index (χ1) is 23.0. The number of carbonyl (C=O) groups excluding carboxylic acids is 2. The largest absolute Gasteiger partial charge is 0.472 e. The van der Waals surface area contributed by atoms with E-state index in [-0.39, 0.29) is 0 Å². The summed E-state index contributed by atoms with van der Waals surface area (Å²) in [4.78, 5) is 25.1. The fraction of sp³-hybridized carbons (Fsp3) is 0.625. The van der Waals surface area contributed by atoms with Gasteiger partial charge in [0.15, 0.2) is 24.8 Å². The summed E-state index contributed by atoms with van der Waals surface area (Å²) in [5.41, 5.74) is -0.527. The third kappa shape index (κ3) is 6.50. The van der Waals surface area contributed by atoms with E-state index in [1.807, 2.05) is 6.07 Å². The Bertz CT molecular complexity index is 1350. The molecule has 1 aliphatic carbocycles. The Hall–Kier alpha value is -3.00. The number of hydrogen-bond donors (Lipinski definition) is 6. The Morgan fingerprint density at radius 2 is 1.62 bits per heavy atom. The van der Waals surface area contributed by atoms with Gasteiger partial charge in [0.2, 0.25) is 6.29 Å². The number of benzene rings is 1. The lowest BCUT2D eigenvalue weighted by Crippen LogP contribution is -2.61. The molecule has 16 heteroatoms. The fourth-order valence-electron chi connectivity index (χ4n) is 6.91. The smallest absolute Gasteiger partial charge is 0.331 e.